The second-order valence-electron chi connectivity index (χ2n) is 2.17. The zero-order valence-electron chi connectivity index (χ0n) is 6.07. The zero-order valence-corrected chi connectivity index (χ0v) is 6.97. The van der Waals surface area contributed by atoms with Gasteiger partial charge < -0.3 is 4.18 Å². The minimum absolute atomic E-state index is 0.0516. The molecule has 0 aliphatic carbocycles. The van der Waals surface area contributed by atoms with Gasteiger partial charge in [0.2, 0.25) is 0 Å². The second kappa shape index (κ2) is 3.44. The van der Waals surface area contributed by atoms with Gasteiger partial charge in [-0.1, -0.05) is 0 Å². The lowest BCUT2D eigenvalue weighted by Gasteiger charge is -1.97. The van der Waals surface area contributed by atoms with E-state index >= 15 is 0 Å². The number of carbonyl (C=O) groups is 1. The van der Waals surface area contributed by atoms with Crippen molar-refractivity contribution in [1.29, 1.82) is 0 Å². The SMILES string of the molecule is CC(=O)c1ccc(OS)cc1. The Balaban J connectivity index is 2.91. The van der Waals surface area contributed by atoms with Gasteiger partial charge in [0, 0.05) is 18.5 Å². The lowest BCUT2D eigenvalue weighted by atomic mass is 10.1. The number of benzene rings is 1. The molecule has 0 saturated carbocycles. The lowest BCUT2D eigenvalue weighted by molar-refractivity contribution is 0.101. The van der Waals surface area contributed by atoms with Crippen LogP contribution in [0.1, 0.15) is 17.3 Å². The van der Waals surface area contributed by atoms with Crippen LogP contribution in [0, 0.1) is 0 Å². The maximum atomic E-state index is 10.8. The standard InChI is InChI=1S/C8H8O2S/c1-6(9)7-2-4-8(10-11)5-3-7/h2-5,11H,1H3. The molecule has 1 aromatic carbocycles. The number of hydrogen-bond donors (Lipinski definition) is 1. The van der Waals surface area contributed by atoms with E-state index in [2.05, 4.69) is 17.1 Å². The molecule has 0 saturated heterocycles. The summed E-state index contributed by atoms with van der Waals surface area (Å²) < 4.78 is 4.63. The number of thiol groups is 1. The van der Waals surface area contributed by atoms with Crippen LogP contribution in [0.25, 0.3) is 0 Å². The first-order valence-electron chi connectivity index (χ1n) is 3.16. The molecule has 0 amide bonds. The predicted octanol–water partition coefficient (Wildman–Crippen LogP) is 2.11. The molecule has 0 radical (unpaired) electrons. The van der Waals surface area contributed by atoms with Crippen molar-refractivity contribution >= 4 is 18.7 Å². The van der Waals surface area contributed by atoms with Gasteiger partial charge in [0.1, 0.15) is 5.75 Å². The van der Waals surface area contributed by atoms with E-state index in [0.29, 0.717) is 11.3 Å². The average Bonchev–Trinajstić information content (AvgIpc) is 2.05. The quantitative estimate of drug-likeness (QED) is 0.416. The molecule has 1 rings (SSSR count). The van der Waals surface area contributed by atoms with Crippen LogP contribution in [0.3, 0.4) is 0 Å². The van der Waals surface area contributed by atoms with E-state index in [1.807, 2.05) is 0 Å². The van der Waals surface area contributed by atoms with E-state index < -0.39 is 0 Å². The summed E-state index contributed by atoms with van der Waals surface area (Å²) in [7, 11) is 0. The Hall–Kier alpha value is -0.960. The summed E-state index contributed by atoms with van der Waals surface area (Å²) in [5.41, 5.74) is 0.680. The molecular weight excluding hydrogens is 160 g/mol. The molecule has 0 fully saturated rings. The largest absolute Gasteiger partial charge is 0.429 e. The average molecular weight is 168 g/mol. The van der Waals surface area contributed by atoms with Gasteiger partial charge in [-0.2, -0.15) is 0 Å². The molecule has 2 nitrogen and oxygen atoms in total. The van der Waals surface area contributed by atoms with Gasteiger partial charge in [0.25, 0.3) is 0 Å². The van der Waals surface area contributed by atoms with Crippen molar-refractivity contribution < 1.29 is 8.98 Å². The Morgan fingerprint density at radius 3 is 2.27 bits per heavy atom. The molecule has 0 atom stereocenters. The molecule has 0 aliphatic rings. The summed E-state index contributed by atoms with van der Waals surface area (Å²) in [6.45, 7) is 1.52. The highest BCUT2D eigenvalue weighted by molar-refractivity contribution is 7.75. The van der Waals surface area contributed by atoms with Crippen molar-refractivity contribution in [1.82, 2.24) is 0 Å². The maximum Gasteiger partial charge on any atom is 0.159 e. The van der Waals surface area contributed by atoms with Gasteiger partial charge in [0.15, 0.2) is 5.78 Å². The van der Waals surface area contributed by atoms with Crippen LogP contribution in [0.15, 0.2) is 24.3 Å². The van der Waals surface area contributed by atoms with Gasteiger partial charge in [-0.25, -0.2) is 0 Å². The van der Waals surface area contributed by atoms with Crippen molar-refractivity contribution in [2.45, 2.75) is 6.92 Å². The molecule has 3 heteroatoms. The first kappa shape index (κ1) is 8.14. The third-order valence-electron chi connectivity index (χ3n) is 1.37. The summed E-state index contributed by atoms with van der Waals surface area (Å²) in [5, 5.41) is 0. The summed E-state index contributed by atoms with van der Waals surface area (Å²) in [4.78, 5) is 10.8. The molecule has 0 aromatic heterocycles. The number of rotatable bonds is 2. The Bertz CT molecular complexity index is 253. The molecule has 1 aromatic rings. The first-order chi connectivity index (χ1) is 5.24. The maximum absolute atomic E-state index is 10.8. The highest BCUT2D eigenvalue weighted by Crippen LogP contribution is 2.12. The predicted molar refractivity (Wildman–Crippen MR) is 46.1 cm³/mol. The summed E-state index contributed by atoms with van der Waals surface area (Å²) >= 11 is 3.61. The highest BCUT2D eigenvalue weighted by Gasteiger charge is 1.97. The Morgan fingerprint density at radius 1 is 1.36 bits per heavy atom. The fourth-order valence-electron chi connectivity index (χ4n) is 0.751. The first-order valence-corrected chi connectivity index (χ1v) is 3.53. The van der Waals surface area contributed by atoms with Crippen molar-refractivity contribution in [3.8, 4) is 5.75 Å². The normalized spacial score (nSPS) is 9.27. The van der Waals surface area contributed by atoms with Crippen molar-refractivity contribution in [2.24, 2.45) is 0 Å². The minimum Gasteiger partial charge on any atom is -0.429 e. The van der Waals surface area contributed by atoms with E-state index in [0.717, 1.165) is 0 Å². The van der Waals surface area contributed by atoms with Crippen molar-refractivity contribution in [3.05, 3.63) is 29.8 Å². The third kappa shape index (κ3) is 1.98. The van der Waals surface area contributed by atoms with E-state index in [9.17, 15) is 4.79 Å². The van der Waals surface area contributed by atoms with Crippen LogP contribution in [0.2, 0.25) is 0 Å². The zero-order chi connectivity index (χ0) is 8.27. The molecule has 11 heavy (non-hydrogen) atoms. The summed E-state index contributed by atoms with van der Waals surface area (Å²) in [6.07, 6.45) is 0. The van der Waals surface area contributed by atoms with E-state index in [-0.39, 0.29) is 5.78 Å². The second-order valence-corrected chi connectivity index (χ2v) is 2.35. The molecule has 0 aliphatic heterocycles. The molecule has 0 bridgehead atoms. The number of Topliss-reactive ketones (excluding diaryl/α,β-unsaturated/α-hetero) is 1. The topological polar surface area (TPSA) is 26.3 Å². The van der Waals surface area contributed by atoms with Gasteiger partial charge in [0.05, 0.1) is 0 Å². The van der Waals surface area contributed by atoms with Crippen LogP contribution in [0.5, 0.6) is 5.75 Å². The molecule has 58 valence electrons. The Labute approximate surface area is 70.8 Å². The number of carbonyl (C=O) groups excluding carboxylic acids is 1. The van der Waals surface area contributed by atoms with Gasteiger partial charge in [-0.05, 0) is 31.2 Å². The number of hydrogen-bond acceptors (Lipinski definition) is 3. The Kier molecular flexibility index (Phi) is 2.54. The van der Waals surface area contributed by atoms with Gasteiger partial charge in [-0.15, -0.1) is 0 Å². The van der Waals surface area contributed by atoms with Gasteiger partial charge >= 0.3 is 0 Å². The van der Waals surface area contributed by atoms with E-state index in [1.54, 1.807) is 24.3 Å². The molecule has 0 spiro atoms. The fraction of sp³-hybridized carbons (Fsp3) is 0.125. The van der Waals surface area contributed by atoms with E-state index in [1.165, 1.54) is 6.92 Å². The molecule has 0 N–H and O–H groups in total. The fourth-order valence-corrected chi connectivity index (χ4v) is 0.872. The number of ketones is 1. The third-order valence-corrected chi connectivity index (χ3v) is 1.58. The van der Waals surface area contributed by atoms with E-state index in [4.69, 9.17) is 0 Å². The van der Waals surface area contributed by atoms with Crippen LogP contribution < -0.4 is 4.18 Å². The molecular formula is C8H8O2S. The van der Waals surface area contributed by atoms with Crippen LogP contribution in [-0.2, 0) is 0 Å². The van der Waals surface area contributed by atoms with Crippen LogP contribution in [0.4, 0.5) is 0 Å². The summed E-state index contributed by atoms with van der Waals surface area (Å²) in [5.74, 6) is 0.689. The molecule has 0 unspecified atom stereocenters. The Morgan fingerprint density at radius 2 is 1.91 bits per heavy atom. The van der Waals surface area contributed by atoms with Crippen molar-refractivity contribution in [3.63, 3.8) is 0 Å². The van der Waals surface area contributed by atoms with Crippen LogP contribution >= 0.6 is 12.9 Å². The monoisotopic (exact) mass is 168 g/mol. The van der Waals surface area contributed by atoms with Crippen molar-refractivity contribution in [2.75, 3.05) is 0 Å². The van der Waals surface area contributed by atoms with Gasteiger partial charge in [-0.3, -0.25) is 4.79 Å². The molecule has 0 heterocycles. The van der Waals surface area contributed by atoms with Crippen LogP contribution in [-0.4, -0.2) is 5.78 Å². The lowest BCUT2D eigenvalue weighted by Crippen LogP contribution is -1.90. The highest BCUT2D eigenvalue weighted by atomic mass is 32.1. The summed E-state index contributed by atoms with van der Waals surface area (Å²) in [6, 6.07) is 6.80. The minimum atomic E-state index is 0.0516. The smallest absolute Gasteiger partial charge is 0.159 e.